The molecule has 16 heavy (non-hydrogen) atoms. The van der Waals surface area contributed by atoms with Gasteiger partial charge in [0.1, 0.15) is 5.75 Å². The van der Waals surface area contributed by atoms with E-state index < -0.39 is 0 Å². The number of halogens is 2. The molecule has 3 nitrogen and oxygen atoms in total. The number of carbonyl (C=O) groups excluding carboxylic acids is 1. The molecule has 2 rings (SSSR count). The standard InChI is InChI=1S/C11H11BrClNO2/c12-9-2-1-7(5-10(9)15)11(16)14-4-3-8(13)6-14/h1-2,5,8,15H,3-4,6H2. The van der Waals surface area contributed by atoms with Crippen LogP contribution in [0.25, 0.3) is 0 Å². The van der Waals surface area contributed by atoms with Crippen LogP contribution >= 0.6 is 27.5 Å². The van der Waals surface area contributed by atoms with Gasteiger partial charge in [-0.3, -0.25) is 4.79 Å². The minimum absolute atomic E-state index is 0.0491. The number of likely N-dealkylation sites (tertiary alicyclic amines) is 1. The number of alkyl halides is 1. The van der Waals surface area contributed by atoms with E-state index in [4.69, 9.17) is 11.6 Å². The number of phenolic OH excluding ortho intramolecular Hbond substituents is 1. The number of nitrogens with zero attached hydrogens (tertiary/aromatic N) is 1. The fourth-order valence-corrected chi connectivity index (χ4v) is 2.24. The molecule has 1 N–H and O–H groups in total. The number of phenols is 1. The molecule has 1 amide bonds. The number of benzene rings is 1. The minimum Gasteiger partial charge on any atom is -0.507 e. The molecule has 0 bridgehead atoms. The van der Waals surface area contributed by atoms with Gasteiger partial charge in [-0.15, -0.1) is 11.6 Å². The lowest BCUT2D eigenvalue weighted by molar-refractivity contribution is 0.0792. The van der Waals surface area contributed by atoms with Crippen molar-refractivity contribution in [1.82, 2.24) is 4.90 Å². The van der Waals surface area contributed by atoms with E-state index in [1.807, 2.05) is 0 Å². The minimum atomic E-state index is -0.0778. The molecule has 0 radical (unpaired) electrons. The Bertz CT molecular complexity index is 424. The van der Waals surface area contributed by atoms with Crippen LogP contribution in [0.5, 0.6) is 5.75 Å². The van der Waals surface area contributed by atoms with Crippen molar-refractivity contribution in [1.29, 1.82) is 0 Å². The molecule has 1 aliphatic heterocycles. The SMILES string of the molecule is O=C(c1ccc(Br)c(O)c1)N1CCC(Cl)C1. The Hall–Kier alpha value is -0.740. The van der Waals surface area contributed by atoms with Gasteiger partial charge in [0.15, 0.2) is 0 Å². The van der Waals surface area contributed by atoms with Crippen molar-refractivity contribution in [3.63, 3.8) is 0 Å². The van der Waals surface area contributed by atoms with E-state index in [0.29, 0.717) is 23.1 Å². The number of amides is 1. The smallest absolute Gasteiger partial charge is 0.254 e. The van der Waals surface area contributed by atoms with Gasteiger partial charge in [-0.25, -0.2) is 0 Å². The van der Waals surface area contributed by atoms with Crippen LogP contribution in [-0.2, 0) is 0 Å². The van der Waals surface area contributed by atoms with E-state index in [-0.39, 0.29) is 17.0 Å². The Balaban J connectivity index is 2.18. The van der Waals surface area contributed by atoms with Gasteiger partial charge < -0.3 is 10.0 Å². The maximum Gasteiger partial charge on any atom is 0.254 e. The summed E-state index contributed by atoms with van der Waals surface area (Å²) in [6.07, 6.45) is 0.829. The molecule has 1 unspecified atom stereocenters. The van der Waals surface area contributed by atoms with Crippen molar-refractivity contribution >= 4 is 33.4 Å². The summed E-state index contributed by atoms with van der Waals surface area (Å²) < 4.78 is 0.584. The fraction of sp³-hybridized carbons (Fsp3) is 0.364. The number of aromatic hydroxyl groups is 1. The molecule has 1 heterocycles. The van der Waals surface area contributed by atoms with Crippen LogP contribution in [0.1, 0.15) is 16.8 Å². The molecule has 0 saturated carbocycles. The van der Waals surface area contributed by atoms with Gasteiger partial charge in [-0.2, -0.15) is 0 Å². The van der Waals surface area contributed by atoms with E-state index in [2.05, 4.69) is 15.9 Å². The largest absolute Gasteiger partial charge is 0.507 e. The van der Waals surface area contributed by atoms with E-state index in [9.17, 15) is 9.90 Å². The number of hydrogen-bond donors (Lipinski definition) is 1. The van der Waals surface area contributed by atoms with Crippen molar-refractivity contribution < 1.29 is 9.90 Å². The molecule has 0 aliphatic carbocycles. The zero-order valence-corrected chi connectivity index (χ0v) is 10.8. The Morgan fingerprint density at radius 2 is 2.31 bits per heavy atom. The lowest BCUT2D eigenvalue weighted by Crippen LogP contribution is -2.28. The monoisotopic (exact) mass is 303 g/mol. The van der Waals surface area contributed by atoms with Crippen LogP contribution < -0.4 is 0 Å². The van der Waals surface area contributed by atoms with Crippen molar-refractivity contribution in [2.24, 2.45) is 0 Å². The summed E-state index contributed by atoms with van der Waals surface area (Å²) in [4.78, 5) is 13.7. The van der Waals surface area contributed by atoms with Crippen molar-refractivity contribution in [2.75, 3.05) is 13.1 Å². The molecular weight excluding hydrogens is 293 g/mol. The summed E-state index contributed by atoms with van der Waals surface area (Å²) in [6, 6.07) is 4.82. The second kappa shape index (κ2) is 4.63. The van der Waals surface area contributed by atoms with Gasteiger partial charge in [0.25, 0.3) is 5.91 Å². The van der Waals surface area contributed by atoms with Crippen LogP contribution in [0.15, 0.2) is 22.7 Å². The molecule has 1 fully saturated rings. The highest BCUT2D eigenvalue weighted by molar-refractivity contribution is 9.10. The first-order valence-electron chi connectivity index (χ1n) is 5.00. The first-order chi connectivity index (χ1) is 7.58. The lowest BCUT2D eigenvalue weighted by Gasteiger charge is -2.15. The zero-order valence-electron chi connectivity index (χ0n) is 8.49. The Morgan fingerprint density at radius 3 is 2.88 bits per heavy atom. The van der Waals surface area contributed by atoms with Crippen molar-refractivity contribution in [2.45, 2.75) is 11.8 Å². The van der Waals surface area contributed by atoms with Gasteiger partial charge in [0, 0.05) is 18.7 Å². The highest BCUT2D eigenvalue weighted by atomic mass is 79.9. The summed E-state index contributed by atoms with van der Waals surface area (Å²) in [5.41, 5.74) is 0.492. The quantitative estimate of drug-likeness (QED) is 0.810. The van der Waals surface area contributed by atoms with Crippen LogP contribution in [0.3, 0.4) is 0 Å². The van der Waals surface area contributed by atoms with Gasteiger partial charge in [-0.1, -0.05) is 0 Å². The van der Waals surface area contributed by atoms with Crippen LogP contribution in [0.2, 0.25) is 0 Å². The van der Waals surface area contributed by atoms with Crippen LogP contribution in [-0.4, -0.2) is 34.4 Å². The van der Waals surface area contributed by atoms with Crippen LogP contribution in [0, 0.1) is 0 Å². The summed E-state index contributed by atoms with van der Waals surface area (Å²) in [7, 11) is 0. The third-order valence-corrected chi connectivity index (χ3v) is 3.64. The summed E-state index contributed by atoms with van der Waals surface area (Å²) in [5, 5.41) is 9.55. The number of rotatable bonds is 1. The Morgan fingerprint density at radius 1 is 1.56 bits per heavy atom. The summed E-state index contributed by atoms with van der Waals surface area (Å²) in [5.74, 6) is -0.00146. The summed E-state index contributed by atoms with van der Waals surface area (Å²) >= 11 is 9.12. The molecule has 1 saturated heterocycles. The number of hydrogen-bond acceptors (Lipinski definition) is 2. The predicted octanol–water partition coefficient (Wildman–Crippen LogP) is 2.61. The molecule has 1 aromatic carbocycles. The van der Waals surface area contributed by atoms with E-state index in [0.717, 1.165) is 6.42 Å². The first-order valence-corrected chi connectivity index (χ1v) is 6.22. The average Bonchev–Trinajstić information content (AvgIpc) is 2.68. The van der Waals surface area contributed by atoms with E-state index in [1.165, 1.54) is 6.07 Å². The normalized spacial score (nSPS) is 20.1. The van der Waals surface area contributed by atoms with Crippen LogP contribution in [0.4, 0.5) is 0 Å². The molecule has 0 aromatic heterocycles. The number of carbonyl (C=O) groups is 1. The summed E-state index contributed by atoms with van der Waals surface area (Å²) in [6.45, 7) is 1.26. The molecule has 1 aromatic rings. The van der Waals surface area contributed by atoms with Gasteiger partial charge >= 0.3 is 0 Å². The topological polar surface area (TPSA) is 40.5 Å². The van der Waals surface area contributed by atoms with Gasteiger partial charge in [0.2, 0.25) is 0 Å². The van der Waals surface area contributed by atoms with E-state index >= 15 is 0 Å². The predicted molar refractivity (Wildman–Crippen MR) is 66.0 cm³/mol. The average molecular weight is 305 g/mol. The second-order valence-corrected chi connectivity index (χ2v) is 5.27. The molecule has 86 valence electrons. The molecule has 5 heteroatoms. The second-order valence-electron chi connectivity index (χ2n) is 3.80. The van der Waals surface area contributed by atoms with E-state index in [1.54, 1.807) is 17.0 Å². The Labute approximate surface area is 107 Å². The third kappa shape index (κ3) is 2.33. The molecule has 1 aliphatic rings. The lowest BCUT2D eigenvalue weighted by atomic mass is 10.2. The fourth-order valence-electron chi connectivity index (χ4n) is 1.73. The maximum absolute atomic E-state index is 12.0. The van der Waals surface area contributed by atoms with Gasteiger partial charge in [0.05, 0.1) is 9.85 Å². The molecular formula is C11H11BrClNO2. The zero-order chi connectivity index (χ0) is 11.7. The molecule has 1 atom stereocenters. The van der Waals surface area contributed by atoms with Gasteiger partial charge in [-0.05, 0) is 40.5 Å². The highest BCUT2D eigenvalue weighted by Gasteiger charge is 2.25. The molecule has 0 spiro atoms. The third-order valence-electron chi connectivity index (χ3n) is 2.61. The first kappa shape index (κ1) is 11.7. The van der Waals surface area contributed by atoms with Crippen molar-refractivity contribution in [3.8, 4) is 5.75 Å². The van der Waals surface area contributed by atoms with Crippen molar-refractivity contribution in [3.05, 3.63) is 28.2 Å². The highest BCUT2D eigenvalue weighted by Crippen LogP contribution is 2.26. The maximum atomic E-state index is 12.0. The Kier molecular flexibility index (Phi) is 3.40.